The summed E-state index contributed by atoms with van der Waals surface area (Å²) < 4.78 is 49.1. The lowest BCUT2D eigenvalue weighted by Crippen LogP contribution is -2.37. The van der Waals surface area contributed by atoms with Gasteiger partial charge in [-0.2, -0.15) is 8.78 Å². The first-order chi connectivity index (χ1) is 9.84. The van der Waals surface area contributed by atoms with Gasteiger partial charge in [0.05, 0.1) is 10.6 Å². The minimum atomic E-state index is -4.59. The predicted molar refractivity (Wildman–Crippen MR) is 79.2 cm³/mol. The molecule has 0 spiro atoms. The zero-order valence-electron chi connectivity index (χ0n) is 12.2. The van der Waals surface area contributed by atoms with Crippen LogP contribution in [0, 0.1) is 11.8 Å². The summed E-state index contributed by atoms with van der Waals surface area (Å²) in [7, 11) is -4.59. The van der Waals surface area contributed by atoms with Gasteiger partial charge in [0.15, 0.2) is 0 Å². The highest BCUT2D eigenvalue weighted by molar-refractivity contribution is 7.91. The van der Waals surface area contributed by atoms with Crippen LogP contribution in [0.3, 0.4) is 0 Å². The van der Waals surface area contributed by atoms with Crippen LogP contribution in [0.25, 0.3) is 0 Å². The van der Waals surface area contributed by atoms with Crippen molar-refractivity contribution in [1.82, 2.24) is 0 Å². The Morgan fingerprint density at radius 1 is 1.14 bits per heavy atom. The number of anilines is 1. The Kier molecular flexibility index (Phi) is 4.86. The van der Waals surface area contributed by atoms with Gasteiger partial charge in [0.2, 0.25) is 9.84 Å². The maximum Gasteiger partial charge on any atom is 0.341 e. The number of hydrogen-bond acceptors (Lipinski definition) is 3. The quantitative estimate of drug-likeness (QED) is 0.915. The molecule has 0 amide bonds. The fourth-order valence-electron chi connectivity index (χ4n) is 3.08. The summed E-state index contributed by atoms with van der Waals surface area (Å²) >= 11 is 0. The highest BCUT2D eigenvalue weighted by atomic mass is 32.2. The van der Waals surface area contributed by atoms with E-state index in [0.29, 0.717) is 11.8 Å². The Hall–Kier alpha value is -1.17. The first-order valence-corrected chi connectivity index (χ1v) is 8.76. The van der Waals surface area contributed by atoms with Crippen LogP contribution in [-0.2, 0) is 9.84 Å². The molecular weight excluding hydrogens is 296 g/mol. The van der Waals surface area contributed by atoms with Crippen molar-refractivity contribution in [3.05, 3.63) is 24.3 Å². The van der Waals surface area contributed by atoms with Gasteiger partial charge in [-0.05, 0) is 36.8 Å². The molecule has 1 saturated carbocycles. The van der Waals surface area contributed by atoms with E-state index >= 15 is 0 Å². The second-order valence-electron chi connectivity index (χ2n) is 5.86. The first-order valence-electron chi connectivity index (χ1n) is 7.21. The molecule has 0 heterocycles. The summed E-state index contributed by atoms with van der Waals surface area (Å²) in [6, 6.07) is 6.03. The summed E-state index contributed by atoms with van der Waals surface area (Å²) in [5, 5.41) is 3.20. The van der Waals surface area contributed by atoms with Crippen molar-refractivity contribution in [2.45, 2.75) is 49.8 Å². The van der Waals surface area contributed by atoms with Crippen molar-refractivity contribution in [1.29, 1.82) is 0 Å². The third-order valence-corrected chi connectivity index (χ3v) is 5.73. The van der Waals surface area contributed by atoms with Crippen LogP contribution >= 0.6 is 0 Å². The zero-order chi connectivity index (χ0) is 15.6. The Morgan fingerprint density at radius 3 is 2.29 bits per heavy atom. The Labute approximate surface area is 124 Å². The molecule has 0 aliphatic heterocycles. The highest BCUT2D eigenvalue weighted by Crippen LogP contribution is 2.34. The van der Waals surface area contributed by atoms with Gasteiger partial charge >= 0.3 is 5.76 Å². The van der Waals surface area contributed by atoms with Crippen LogP contribution in [0.2, 0.25) is 0 Å². The maximum absolute atomic E-state index is 12.8. The topological polar surface area (TPSA) is 46.2 Å². The van der Waals surface area contributed by atoms with E-state index in [1.54, 1.807) is 12.1 Å². The Balaban J connectivity index is 2.33. The molecule has 1 aromatic rings. The highest BCUT2D eigenvalue weighted by Gasteiger charge is 2.32. The molecule has 0 aromatic heterocycles. The summed E-state index contributed by atoms with van der Waals surface area (Å²) in [6.07, 6.45) is 3.27. The van der Waals surface area contributed by atoms with Crippen molar-refractivity contribution >= 4 is 15.5 Å². The summed E-state index contributed by atoms with van der Waals surface area (Å²) in [6.45, 7) is 4.22. The Morgan fingerprint density at radius 2 is 1.71 bits per heavy atom. The van der Waals surface area contributed by atoms with Gasteiger partial charge in [-0.25, -0.2) is 8.42 Å². The molecule has 2 unspecified atom stereocenters. The molecule has 0 radical (unpaired) electrons. The lowest BCUT2D eigenvalue weighted by atomic mass is 9.78. The molecule has 1 aliphatic rings. The number of rotatable bonds is 4. The first kappa shape index (κ1) is 16.2. The molecule has 1 aromatic carbocycles. The molecule has 0 saturated heterocycles. The van der Waals surface area contributed by atoms with E-state index in [-0.39, 0.29) is 16.6 Å². The summed E-state index contributed by atoms with van der Waals surface area (Å²) in [4.78, 5) is -0.315. The SMILES string of the molecule is CC1CCCC(C)C1Nc1ccccc1S(=O)(=O)C(F)F. The third kappa shape index (κ3) is 3.36. The van der Waals surface area contributed by atoms with Crippen LogP contribution in [-0.4, -0.2) is 20.2 Å². The molecule has 118 valence electrons. The number of hydrogen-bond donors (Lipinski definition) is 1. The largest absolute Gasteiger partial charge is 0.381 e. The van der Waals surface area contributed by atoms with E-state index in [0.717, 1.165) is 19.3 Å². The zero-order valence-corrected chi connectivity index (χ0v) is 13.0. The second kappa shape index (κ2) is 6.30. The number of halogens is 2. The van der Waals surface area contributed by atoms with E-state index in [1.165, 1.54) is 12.1 Å². The van der Waals surface area contributed by atoms with Gasteiger partial charge in [-0.1, -0.05) is 32.4 Å². The average molecular weight is 317 g/mol. The van der Waals surface area contributed by atoms with Crippen molar-refractivity contribution in [3.8, 4) is 0 Å². The minimum Gasteiger partial charge on any atom is -0.381 e. The average Bonchev–Trinajstić information content (AvgIpc) is 2.43. The van der Waals surface area contributed by atoms with Crippen LogP contribution in [0.4, 0.5) is 14.5 Å². The minimum absolute atomic E-state index is 0.104. The fourth-order valence-corrected chi connectivity index (χ4v) is 3.97. The van der Waals surface area contributed by atoms with E-state index in [1.807, 2.05) is 0 Å². The molecule has 0 bridgehead atoms. The van der Waals surface area contributed by atoms with Crippen LogP contribution in [0.1, 0.15) is 33.1 Å². The van der Waals surface area contributed by atoms with Crippen LogP contribution in [0.5, 0.6) is 0 Å². The van der Waals surface area contributed by atoms with E-state index in [9.17, 15) is 17.2 Å². The summed E-state index contributed by atoms with van der Waals surface area (Å²) in [5.74, 6) is -2.63. The molecule has 1 fully saturated rings. The van der Waals surface area contributed by atoms with Crippen LogP contribution < -0.4 is 5.32 Å². The van der Waals surface area contributed by atoms with Gasteiger partial charge in [-0.15, -0.1) is 0 Å². The normalized spacial score (nSPS) is 26.8. The Bertz CT molecular complexity index is 579. The lowest BCUT2D eigenvalue weighted by molar-refractivity contribution is 0.234. The standard InChI is InChI=1S/C15H21F2NO2S/c1-10-6-5-7-11(2)14(10)18-12-8-3-4-9-13(12)21(19,20)15(16)17/h3-4,8-11,14-15,18H,5-7H2,1-2H3. The van der Waals surface area contributed by atoms with Gasteiger partial charge in [0, 0.05) is 6.04 Å². The van der Waals surface area contributed by atoms with Crippen molar-refractivity contribution < 1.29 is 17.2 Å². The molecule has 1 N–H and O–H groups in total. The van der Waals surface area contributed by atoms with Crippen LogP contribution in [0.15, 0.2) is 29.2 Å². The van der Waals surface area contributed by atoms with E-state index < -0.39 is 15.6 Å². The number of para-hydroxylation sites is 1. The molecular formula is C15H21F2NO2S. The maximum atomic E-state index is 12.8. The number of alkyl halides is 2. The van der Waals surface area contributed by atoms with Gasteiger partial charge < -0.3 is 5.32 Å². The van der Waals surface area contributed by atoms with Crippen molar-refractivity contribution in [3.63, 3.8) is 0 Å². The van der Waals surface area contributed by atoms with Crippen molar-refractivity contribution in [2.24, 2.45) is 11.8 Å². The molecule has 21 heavy (non-hydrogen) atoms. The van der Waals surface area contributed by atoms with Gasteiger partial charge in [0.1, 0.15) is 0 Å². The monoisotopic (exact) mass is 317 g/mol. The lowest BCUT2D eigenvalue weighted by Gasteiger charge is -2.36. The van der Waals surface area contributed by atoms with Crippen molar-refractivity contribution in [2.75, 3.05) is 5.32 Å². The molecule has 2 atom stereocenters. The van der Waals surface area contributed by atoms with E-state index in [2.05, 4.69) is 19.2 Å². The molecule has 3 nitrogen and oxygen atoms in total. The fraction of sp³-hybridized carbons (Fsp3) is 0.600. The third-order valence-electron chi connectivity index (χ3n) is 4.30. The number of benzene rings is 1. The summed E-state index contributed by atoms with van der Waals surface area (Å²) in [5.41, 5.74) is 0.281. The molecule has 6 heteroatoms. The van der Waals surface area contributed by atoms with Gasteiger partial charge in [0.25, 0.3) is 0 Å². The number of nitrogens with one attached hydrogen (secondary N) is 1. The number of sulfone groups is 1. The molecule has 1 aliphatic carbocycles. The van der Waals surface area contributed by atoms with E-state index in [4.69, 9.17) is 0 Å². The smallest absolute Gasteiger partial charge is 0.341 e. The van der Waals surface area contributed by atoms with Gasteiger partial charge in [-0.3, -0.25) is 0 Å². The predicted octanol–water partition coefficient (Wildman–Crippen LogP) is 3.92. The second-order valence-corrected chi connectivity index (χ2v) is 7.74. The molecule has 2 rings (SSSR count).